The first-order chi connectivity index (χ1) is 7.75. The SMILES string of the molecule is Cc1ccc(Cl)c(NCc2ncccn2)c1. The van der Waals surface area contributed by atoms with Crippen LogP contribution < -0.4 is 5.32 Å². The van der Waals surface area contributed by atoms with Gasteiger partial charge < -0.3 is 5.32 Å². The molecule has 1 aromatic carbocycles. The van der Waals surface area contributed by atoms with Crippen molar-refractivity contribution >= 4 is 17.3 Å². The summed E-state index contributed by atoms with van der Waals surface area (Å²) in [6.07, 6.45) is 3.45. The van der Waals surface area contributed by atoms with E-state index in [4.69, 9.17) is 11.6 Å². The molecule has 1 aromatic heterocycles. The molecule has 0 bridgehead atoms. The number of nitrogens with one attached hydrogen (secondary N) is 1. The number of rotatable bonds is 3. The Morgan fingerprint density at radius 1 is 1.25 bits per heavy atom. The summed E-state index contributed by atoms with van der Waals surface area (Å²) in [6.45, 7) is 2.60. The van der Waals surface area contributed by atoms with Crippen molar-refractivity contribution in [1.29, 1.82) is 0 Å². The third-order valence-corrected chi connectivity index (χ3v) is 2.51. The Bertz CT molecular complexity index is 471. The number of benzene rings is 1. The highest BCUT2D eigenvalue weighted by Crippen LogP contribution is 2.22. The monoisotopic (exact) mass is 233 g/mol. The molecule has 0 spiro atoms. The van der Waals surface area contributed by atoms with E-state index >= 15 is 0 Å². The van der Waals surface area contributed by atoms with Gasteiger partial charge in [-0.1, -0.05) is 17.7 Å². The Labute approximate surface area is 99.5 Å². The fourth-order valence-electron chi connectivity index (χ4n) is 1.37. The largest absolute Gasteiger partial charge is 0.377 e. The van der Waals surface area contributed by atoms with E-state index in [-0.39, 0.29) is 0 Å². The standard InChI is InChI=1S/C12H12ClN3/c1-9-3-4-10(13)11(7-9)16-8-12-14-5-2-6-15-12/h2-7,16H,8H2,1H3. The summed E-state index contributed by atoms with van der Waals surface area (Å²) in [4.78, 5) is 8.26. The molecule has 0 aliphatic carbocycles. The molecule has 3 nitrogen and oxygen atoms in total. The topological polar surface area (TPSA) is 37.8 Å². The number of halogens is 1. The van der Waals surface area contributed by atoms with Crippen LogP contribution in [0, 0.1) is 6.92 Å². The van der Waals surface area contributed by atoms with Gasteiger partial charge in [0.2, 0.25) is 0 Å². The van der Waals surface area contributed by atoms with E-state index in [0.29, 0.717) is 11.6 Å². The van der Waals surface area contributed by atoms with Gasteiger partial charge in [0.05, 0.1) is 17.3 Å². The average Bonchev–Trinajstić information content (AvgIpc) is 2.32. The van der Waals surface area contributed by atoms with Crippen molar-refractivity contribution in [3.05, 3.63) is 53.1 Å². The zero-order valence-corrected chi connectivity index (χ0v) is 9.70. The summed E-state index contributed by atoms with van der Waals surface area (Å²) < 4.78 is 0. The number of aromatic nitrogens is 2. The van der Waals surface area contributed by atoms with Crippen molar-refractivity contribution in [3.63, 3.8) is 0 Å². The van der Waals surface area contributed by atoms with Crippen LogP contribution in [0.3, 0.4) is 0 Å². The second kappa shape index (κ2) is 4.94. The summed E-state index contributed by atoms with van der Waals surface area (Å²) >= 11 is 6.06. The maximum Gasteiger partial charge on any atom is 0.147 e. The third kappa shape index (κ3) is 2.70. The summed E-state index contributed by atoms with van der Waals surface area (Å²) in [7, 11) is 0. The number of hydrogen-bond donors (Lipinski definition) is 1. The molecule has 2 rings (SSSR count). The van der Waals surface area contributed by atoms with Crippen molar-refractivity contribution in [2.75, 3.05) is 5.32 Å². The van der Waals surface area contributed by atoms with Crippen molar-refractivity contribution in [3.8, 4) is 0 Å². The van der Waals surface area contributed by atoms with Crippen LogP contribution in [-0.4, -0.2) is 9.97 Å². The number of hydrogen-bond acceptors (Lipinski definition) is 3. The lowest BCUT2D eigenvalue weighted by Crippen LogP contribution is -2.03. The van der Waals surface area contributed by atoms with Crippen LogP contribution in [0.5, 0.6) is 0 Å². The van der Waals surface area contributed by atoms with Gasteiger partial charge in [-0.2, -0.15) is 0 Å². The molecular formula is C12H12ClN3. The van der Waals surface area contributed by atoms with Gasteiger partial charge in [-0.15, -0.1) is 0 Å². The zero-order valence-electron chi connectivity index (χ0n) is 8.94. The number of nitrogens with zero attached hydrogens (tertiary/aromatic N) is 2. The highest BCUT2D eigenvalue weighted by Gasteiger charge is 2.00. The van der Waals surface area contributed by atoms with E-state index in [1.807, 2.05) is 25.1 Å². The fraction of sp³-hybridized carbons (Fsp3) is 0.167. The van der Waals surface area contributed by atoms with Crippen LogP contribution in [0.1, 0.15) is 11.4 Å². The van der Waals surface area contributed by atoms with Gasteiger partial charge in [0, 0.05) is 12.4 Å². The molecule has 0 aliphatic rings. The van der Waals surface area contributed by atoms with Crippen molar-refractivity contribution in [2.24, 2.45) is 0 Å². The molecule has 0 radical (unpaired) electrons. The zero-order chi connectivity index (χ0) is 11.4. The van der Waals surface area contributed by atoms with Gasteiger partial charge in [0.15, 0.2) is 0 Å². The molecule has 82 valence electrons. The van der Waals surface area contributed by atoms with E-state index in [1.54, 1.807) is 18.5 Å². The molecule has 1 heterocycles. The molecule has 16 heavy (non-hydrogen) atoms. The maximum atomic E-state index is 6.06. The first kappa shape index (κ1) is 10.9. The Hall–Kier alpha value is -1.61. The molecule has 0 atom stereocenters. The minimum absolute atomic E-state index is 0.573. The number of aryl methyl sites for hydroxylation is 1. The molecule has 1 N–H and O–H groups in total. The number of anilines is 1. The van der Waals surface area contributed by atoms with Gasteiger partial charge in [-0.25, -0.2) is 9.97 Å². The van der Waals surface area contributed by atoms with Gasteiger partial charge in [-0.05, 0) is 30.7 Å². The van der Waals surface area contributed by atoms with Crippen LogP contribution in [-0.2, 0) is 6.54 Å². The van der Waals surface area contributed by atoms with Crippen LogP contribution in [0.2, 0.25) is 5.02 Å². The summed E-state index contributed by atoms with van der Waals surface area (Å²) in [6, 6.07) is 7.66. The van der Waals surface area contributed by atoms with E-state index in [0.717, 1.165) is 11.5 Å². The highest BCUT2D eigenvalue weighted by atomic mass is 35.5. The molecule has 4 heteroatoms. The lowest BCUT2D eigenvalue weighted by Gasteiger charge is -2.08. The first-order valence-corrected chi connectivity index (χ1v) is 5.39. The second-order valence-corrected chi connectivity index (χ2v) is 3.91. The molecule has 0 saturated heterocycles. The van der Waals surface area contributed by atoms with Crippen molar-refractivity contribution < 1.29 is 0 Å². The lowest BCUT2D eigenvalue weighted by molar-refractivity contribution is 0.948. The van der Waals surface area contributed by atoms with Gasteiger partial charge in [0.25, 0.3) is 0 Å². The Morgan fingerprint density at radius 3 is 2.75 bits per heavy atom. The summed E-state index contributed by atoms with van der Waals surface area (Å²) in [5, 5.41) is 3.92. The lowest BCUT2D eigenvalue weighted by atomic mass is 10.2. The van der Waals surface area contributed by atoms with Crippen LogP contribution in [0.4, 0.5) is 5.69 Å². The Morgan fingerprint density at radius 2 is 2.00 bits per heavy atom. The minimum Gasteiger partial charge on any atom is -0.377 e. The van der Waals surface area contributed by atoms with Gasteiger partial charge in [-0.3, -0.25) is 0 Å². The Balaban J connectivity index is 2.08. The summed E-state index contributed by atoms with van der Waals surface area (Å²) in [5.41, 5.74) is 2.08. The average molecular weight is 234 g/mol. The third-order valence-electron chi connectivity index (χ3n) is 2.18. The highest BCUT2D eigenvalue weighted by molar-refractivity contribution is 6.33. The molecule has 2 aromatic rings. The van der Waals surface area contributed by atoms with E-state index < -0.39 is 0 Å². The van der Waals surface area contributed by atoms with E-state index in [1.165, 1.54) is 5.56 Å². The molecule has 0 aliphatic heterocycles. The minimum atomic E-state index is 0.573. The molecule has 0 saturated carbocycles. The maximum absolute atomic E-state index is 6.06. The predicted octanol–water partition coefficient (Wildman–Crippen LogP) is 3.05. The van der Waals surface area contributed by atoms with E-state index in [9.17, 15) is 0 Å². The first-order valence-electron chi connectivity index (χ1n) is 5.01. The van der Waals surface area contributed by atoms with E-state index in [2.05, 4.69) is 15.3 Å². The van der Waals surface area contributed by atoms with Crippen LogP contribution in [0.25, 0.3) is 0 Å². The van der Waals surface area contributed by atoms with Crippen LogP contribution >= 0.6 is 11.6 Å². The van der Waals surface area contributed by atoms with Crippen LogP contribution in [0.15, 0.2) is 36.7 Å². The quantitative estimate of drug-likeness (QED) is 0.886. The predicted molar refractivity (Wildman–Crippen MR) is 65.5 cm³/mol. The smallest absolute Gasteiger partial charge is 0.147 e. The summed E-state index contributed by atoms with van der Waals surface area (Å²) in [5.74, 6) is 0.750. The Kier molecular flexibility index (Phi) is 3.37. The van der Waals surface area contributed by atoms with Crippen molar-refractivity contribution in [2.45, 2.75) is 13.5 Å². The second-order valence-electron chi connectivity index (χ2n) is 3.50. The normalized spacial score (nSPS) is 10.1. The van der Waals surface area contributed by atoms with Gasteiger partial charge in [0.1, 0.15) is 5.82 Å². The molecule has 0 amide bonds. The molecular weight excluding hydrogens is 222 g/mol. The molecule has 0 fully saturated rings. The molecule has 0 unspecified atom stereocenters. The van der Waals surface area contributed by atoms with Crippen molar-refractivity contribution in [1.82, 2.24) is 9.97 Å². The van der Waals surface area contributed by atoms with Gasteiger partial charge >= 0.3 is 0 Å². The fourth-order valence-corrected chi connectivity index (χ4v) is 1.55.